The zero-order valence-electron chi connectivity index (χ0n) is 17.9. The zero-order valence-corrected chi connectivity index (χ0v) is 20.2. The van der Waals surface area contributed by atoms with Crippen molar-refractivity contribution in [2.45, 2.75) is 19.4 Å². The fraction of sp³-hybridized carbons (Fsp3) is 0.318. The van der Waals surface area contributed by atoms with Crippen LogP contribution in [0.25, 0.3) is 0 Å². The Labute approximate surface area is 209 Å². The standard InChI is InChI=1S/C22H21Cl2F3N6S/c23-18-7-6-17(19(24)12-18)14-30-8-10-31(11-9-30)15-32-21(34)33(20(29-32)22(25,26)27)28-13-16-4-2-1-3-5-16/h1-7,12-13H,8-11,14-15H2/b28-13+. The fourth-order valence-electron chi connectivity index (χ4n) is 3.60. The molecule has 0 aliphatic carbocycles. The molecular formula is C22H21Cl2F3N6S. The zero-order chi connectivity index (χ0) is 24.3. The lowest BCUT2D eigenvalue weighted by Gasteiger charge is -2.34. The number of nitrogens with zero attached hydrogens (tertiary/aromatic N) is 6. The molecule has 0 atom stereocenters. The van der Waals surface area contributed by atoms with E-state index >= 15 is 0 Å². The lowest BCUT2D eigenvalue weighted by atomic mass is 10.2. The van der Waals surface area contributed by atoms with Gasteiger partial charge in [0.25, 0.3) is 5.82 Å². The molecule has 0 bridgehead atoms. The molecule has 12 heteroatoms. The van der Waals surface area contributed by atoms with E-state index in [9.17, 15) is 13.2 Å². The van der Waals surface area contributed by atoms with Gasteiger partial charge in [-0.25, -0.2) is 4.68 Å². The number of benzene rings is 2. The van der Waals surface area contributed by atoms with Crippen molar-refractivity contribution >= 4 is 41.6 Å². The van der Waals surface area contributed by atoms with Crippen molar-refractivity contribution < 1.29 is 13.2 Å². The van der Waals surface area contributed by atoms with E-state index in [0.29, 0.717) is 39.9 Å². The highest BCUT2D eigenvalue weighted by molar-refractivity contribution is 7.71. The Morgan fingerprint density at radius 3 is 2.32 bits per heavy atom. The van der Waals surface area contributed by atoms with E-state index in [-0.39, 0.29) is 11.4 Å². The van der Waals surface area contributed by atoms with E-state index in [0.717, 1.165) is 18.7 Å². The van der Waals surface area contributed by atoms with Gasteiger partial charge in [-0.1, -0.05) is 59.6 Å². The molecule has 2 aromatic carbocycles. The van der Waals surface area contributed by atoms with Gasteiger partial charge < -0.3 is 0 Å². The molecular weight excluding hydrogens is 508 g/mol. The highest BCUT2D eigenvalue weighted by atomic mass is 35.5. The summed E-state index contributed by atoms with van der Waals surface area (Å²) in [4.78, 5) is 4.24. The van der Waals surface area contributed by atoms with E-state index in [4.69, 9.17) is 35.4 Å². The van der Waals surface area contributed by atoms with E-state index in [1.165, 1.54) is 10.9 Å². The second-order valence-electron chi connectivity index (χ2n) is 7.84. The summed E-state index contributed by atoms with van der Waals surface area (Å²) in [5.41, 5.74) is 1.63. The summed E-state index contributed by atoms with van der Waals surface area (Å²) < 4.78 is 42.5. The molecule has 1 aliphatic heterocycles. The maximum absolute atomic E-state index is 13.6. The number of alkyl halides is 3. The van der Waals surface area contributed by atoms with Gasteiger partial charge in [0, 0.05) is 42.8 Å². The molecule has 2 heterocycles. The highest BCUT2D eigenvalue weighted by Gasteiger charge is 2.39. The highest BCUT2D eigenvalue weighted by Crippen LogP contribution is 2.28. The number of aromatic nitrogens is 3. The monoisotopic (exact) mass is 528 g/mol. The molecule has 1 saturated heterocycles. The van der Waals surface area contributed by atoms with Crippen LogP contribution in [0.1, 0.15) is 17.0 Å². The van der Waals surface area contributed by atoms with Crippen LogP contribution in [-0.4, -0.2) is 56.7 Å². The smallest absolute Gasteiger partial charge is 0.296 e. The molecule has 1 aliphatic rings. The van der Waals surface area contributed by atoms with E-state index < -0.39 is 12.0 Å². The van der Waals surface area contributed by atoms with Crippen LogP contribution in [0.4, 0.5) is 13.2 Å². The minimum absolute atomic E-state index is 0.116. The second kappa shape index (κ2) is 10.6. The predicted molar refractivity (Wildman–Crippen MR) is 129 cm³/mol. The average molecular weight is 529 g/mol. The SMILES string of the molecule is FC(F)(F)c1nn(CN2CCN(Cc3ccc(Cl)cc3Cl)CC2)c(=S)n1/N=C/c1ccccc1. The Bertz CT molecular complexity index is 1220. The maximum atomic E-state index is 13.6. The van der Waals surface area contributed by atoms with Gasteiger partial charge >= 0.3 is 6.18 Å². The average Bonchev–Trinajstić information content (AvgIpc) is 3.12. The van der Waals surface area contributed by atoms with Gasteiger partial charge in [0.1, 0.15) is 0 Å². The molecule has 4 rings (SSSR count). The molecule has 6 nitrogen and oxygen atoms in total. The molecule has 0 radical (unpaired) electrons. The first-order valence-corrected chi connectivity index (χ1v) is 11.6. The maximum Gasteiger partial charge on any atom is 0.453 e. The lowest BCUT2D eigenvalue weighted by molar-refractivity contribution is -0.147. The van der Waals surface area contributed by atoms with Crippen molar-refractivity contribution in [2.24, 2.45) is 5.10 Å². The van der Waals surface area contributed by atoms with Crippen LogP contribution in [0.15, 0.2) is 53.6 Å². The molecule has 34 heavy (non-hydrogen) atoms. The topological polar surface area (TPSA) is 41.6 Å². The quantitative estimate of drug-likeness (QED) is 0.317. The minimum Gasteiger partial charge on any atom is -0.296 e. The van der Waals surface area contributed by atoms with Gasteiger partial charge in [-0.2, -0.15) is 22.9 Å². The van der Waals surface area contributed by atoms with Gasteiger partial charge in [-0.3, -0.25) is 9.80 Å². The van der Waals surface area contributed by atoms with Crippen LogP contribution in [0.5, 0.6) is 0 Å². The Hall–Kier alpha value is -2.24. The van der Waals surface area contributed by atoms with Gasteiger partial charge in [-0.15, -0.1) is 5.10 Å². The third kappa shape index (κ3) is 6.05. The molecule has 180 valence electrons. The van der Waals surface area contributed by atoms with Crippen LogP contribution >= 0.6 is 35.4 Å². The second-order valence-corrected chi connectivity index (χ2v) is 9.05. The van der Waals surface area contributed by atoms with E-state index in [1.54, 1.807) is 36.4 Å². The summed E-state index contributed by atoms with van der Waals surface area (Å²) in [7, 11) is 0. The molecule has 3 aromatic rings. The van der Waals surface area contributed by atoms with Crippen molar-refractivity contribution in [3.63, 3.8) is 0 Å². The third-order valence-electron chi connectivity index (χ3n) is 5.40. The summed E-state index contributed by atoms with van der Waals surface area (Å²) >= 11 is 17.5. The predicted octanol–water partition coefficient (Wildman–Crippen LogP) is 5.40. The summed E-state index contributed by atoms with van der Waals surface area (Å²) in [6.07, 6.45) is -3.36. The Balaban J connectivity index is 1.44. The lowest BCUT2D eigenvalue weighted by Crippen LogP contribution is -2.46. The van der Waals surface area contributed by atoms with Crippen LogP contribution in [-0.2, 0) is 19.4 Å². The van der Waals surface area contributed by atoms with Crippen LogP contribution in [0, 0.1) is 4.77 Å². The summed E-state index contributed by atoms with van der Waals surface area (Å²) in [6, 6.07) is 14.2. The minimum atomic E-state index is -4.69. The molecule has 0 amide bonds. The van der Waals surface area contributed by atoms with Crippen molar-refractivity contribution in [3.05, 3.63) is 80.3 Å². The molecule has 0 saturated carbocycles. The number of hydrogen-bond donors (Lipinski definition) is 0. The molecule has 0 N–H and O–H groups in total. The number of halogens is 5. The third-order valence-corrected chi connectivity index (χ3v) is 6.37. The Kier molecular flexibility index (Phi) is 7.73. The Morgan fingerprint density at radius 2 is 1.68 bits per heavy atom. The molecule has 0 spiro atoms. The van der Waals surface area contributed by atoms with Crippen molar-refractivity contribution in [3.8, 4) is 0 Å². The van der Waals surface area contributed by atoms with Crippen LogP contribution < -0.4 is 0 Å². The van der Waals surface area contributed by atoms with Gasteiger partial charge in [-0.05, 0) is 35.5 Å². The first-order chi connectivity index (χ1) is 16.2. The number of rotatable bonds is 6. The van der Waals surface area contributed by atoms with E-state index in [1.807, 2.05) is 17.0 Å². The van der Waals surface area contributed by atoms with Crippen LogP contribution in [0.3, 0.4) is 0 Å². The summed E-state index contributed by atoms with van der Waals surface area (Å²) in [5.74, 6) is -1.15. The molecule has 1 fully saturated rings. The fourth-order valence-corrected chi connectivity index (χ4v) is 4.31. The van der Waals surface area contributed by atoms with Crippen LogP contribution in [0.2, 0.25) is 10.0 Å². The number of piperazine rings is 1. The summed E-state index contributed by atoms with van der Waals surface area (Å²) in [5, 5.41) is 8.91. The Morgan fingerprint density at radius 1 is 1.00 bits per heavy atom. The first-order valence-electron chi connectivity index (χ1n) is 10.5. The van der Waals surface area contributed by atoms with Crippen molar-refractivity contribution in [1.82, 2.24) is 24.3 Å². The number of hydrogen-bond acceptors (Lipinski definition) is 5. The summed E-state index contributed by atoms with van der Waals surface area (Å²) in [6.45, 7) is 3.56. The van der Waals surface area contributed by atoms with Crippen molar-refractivity contribution in [1.29, 1.82) is 0 Å². The van der Waals surface area contributed by atoms with Gasteiger partial charge in [0.05, 0.1) is 12.9 Å². The van der Waals surface area contributed by atoms with Gasteiger partial charge in [0.2, 0.25) is 4.77 Å². The van der Waals surface area contributed by atoms with Gasteiger partial charge in [0.15, 0.2) is 0 Å². The first kappa shape index (κ1) is 24.9. The largest absolute Gasteiger partial charge is 0.453 e. The normalized spacial score (nSPS) is 15.9. The van der Waals surface area contributed by atoms with E-state index in [2.05, 4.69) is 15.1 Å². The molecule has 0 unspecified atom stereocenters. The van der Waals surface area contributed by atoms with Crippen molar-refractivity contribution in [2.75, 3.05) is 26.2 Å². The molecule has 1 aromatic heterocycles.